The summed E-state index contributed by atoms with van der Waals surface area (Å²) in [6.45, 7) is 11.5. The number of aliphatic hydroxyl groups is 2. The Labute approximate surface area is 237 Å². The van der Waals surface area contributed by atoms with E-state index in [-0.39, 0.29) is 21.2 Å². The van der Waals surface area contributed by atoms with Crippen LogP contribution in [0.25, 0.3) is 0 Å². The van der Waals surface area contributed by atoms with E-state index in [2.05, 4.69) is 25.7 Å². The summed E-state index contributed by atoms with van der Waals surface area (Å²) < 4.78 is 7.73. The van der Waals surface area contributed by atoms with Crippen molar-refractivity contribution in [2.24, 2.45) is 0 Å². The quantitative estimate of drug-likeness (QED) is 0.0514. The van der Waals surface area contributed by atoms with Crippen molar-refractivity contribution in [2.75, 3.05) is 37.3 Å². The molecule has 2 N–H and O–H groups in total. The van der Waals surface area contributed by atoms with Crippen LogP contribution in [0.2, 0.25) is 0 Å². The number of alkyl halides is 2. The first-order valence-corrected chi connectivity index (χ1v) is 18.7. The first-order chi connectivity index (χ1) is 17.7. The molecule has 0 aromatic heterocycles. The molecular formula is C31H65INO3-. The monoisotopic (exact) mass is 626 g/mol. The number of unbranched alkanes of at least 4 members (excludes halogenated alkanes) is 14. The van der Waals surface area contributed by atoms with Crippen LogP contribution in [0.15, 0.2) is 0 Å². The zero-order chi connectivity index (χ0) is 26.5. The van der Waals surface area contributed by atoms with Gasteiger partial charge in [0, 0.05) is 6.61 Å². The Morgan fingerprint density at radius 2 is 1.14 bits per heavy atom. The van der Waals surface area contributed by atoms with E-state index in [0.29, 0.717) is 10.5 Å². The van der Waals surface area contributed by atoms with E-state index >= 15 is 0 Å². The topological polar surface area (TPSA) is 52.9 Å². The first kappa shape index (κ1) is 36.6. The average molecular weight is 627 g/mol. The molecule has 36 heavy (non-hydrogen) atoms. The minimum atomic E-state index is -0.520. The smallest absolute Gasteiger partial charge is 0.396 e. The Bertz CT molecular complexity index is 413. The van der Waals surface area contributed by atoms with Gasteiger partial charge in [0.25, 0.3) is 0 Å². The maximum absolute atomic E-state index is 10.8. The van der Waals surface area contributed by atoms with Gasteiger partial charge in [-0.25, -0.2) is 0 Å². The predicted octanol–water partition coefficient (Wildman–Crippen LogP) is 4.94. The summed E-state index contributed by atoms with van der Waals surface area (Å²) in [5, 5.41) is 19.7. The van der Waals surface area contributed by atoms with E-state index in [1.165, 1.54) is 133 Å². The van der Waals surface area contributed by atoms with Crippen LogP contribution >= 0.6 is 0 Å². The molecule has 5 heteroatoms. The molecule has 2 atom stereocenters. The SMILES string of the molecule is CCCCCCCCC([I-]CCCCC)C(O)OCCCCCCCN(CCCC)CCCCCO. The van der Waals surface area contributed by atoms with E-state index in [1.54, 1.807) is 0 Å². The van der Waals surface area contributed by atoms with Gasteiger partial charge in [-0.15, -0.1) is 0 Å². The molecule has 0 bridgehead atoms. The number of aliphatic hydroxyl groups excluding tert-OH is 2. The first-order valence-electron chi connectivity index (χ1n) is 15.9. The van der Waals surface area contributed by atoms with Gasteiger partial charge >= 0.3 is 187 Å². The van der Waals surface area contributed by atoms with Crippen molar-refractivity contribution in [3.8, 4) is 0 Å². The van der Waals surface area contributed by atoms with Gasteiger partial charge in [-0.1, -0.05) is 13.3 Å². The third-order valence-corrected chi connectivity index (χ3v) is 10.8. The van der Waals surface area contributed by atoms with Crippen molar-refractivity contribution in [3.05, 3.63) is 0 Å². The van der Waals surface area contributed by atoms with Gasteiger partial charge in [-0.2, -0.15) is 0 Å². The van der Waals surface area contributed by atoms with Crippen LogP contribution in [0, 0.1) is 0 Å². The summed E-state index contributed by atoms with van der Waals surface area (Å²) in [5.41, 5.74) is 0. The molecule has 0 heterocycles. The van der Waals surface area contributed by atoms with Gasteiger partial charge < -0.3 is 5.11 Å². The fraction of sp³-hybridized carbons (Fsp3) is 1.00. The maximum atomic E-state index is 10.8. The molecule has 0 aliphatic carbocycles. The number of halogens is 1. The second kappa shape index (κ2) is 30.1. The van der Waals surface area contributed by atoms with Gasteiger partial charge in [0.2, 0.25) is 0 Å². The molecule has 0 saturated carbocycles. The average Bonchev–Trinajstić information content (AvgIpc) is 2.89. The van der Waals surface area contributed by atoms with Gasteiger partial charge in [0.05, 0.1) is 0 Å². The molecule has 0 radical (unpaired) electrons. The number of nitrogens with zero attached hydrogens (tertiary/aromatic N) is 1. The van der Waals surface area contributed by atoms with E-state index in [0.717, 1.165) is 25.9 Å². The van der Waals surface area contributed by atoms with Crippen LogP contribution in [0.5, 0.6) is 0 Å². The molecule has 0 fully saturated rings. The van der Waals surface area contributed by atoms with Crippen molar-refractivity contribution in [2.45, 2.75) is 159 Å². The summed E-state index contributed by atoms with van der Waals surface area (Å²) in [6, 6.07) is 0. The fourth-order valence-corrected chi connectivity index (χ4v) is 7.90. The number of rotatable bonds is 30. The molecule has 220 valence electrons. The van der Waals surface area contributed by atoms with Crippen molar-refractivity contribution in [1.29, 1.82) is 0 Å². The van der Waals surface area contributed by atoms with E-state index in [9.17, 15) is 5.11 Å². The molecule has 0 aliphatic heterocycles. The Hall–Kier alpha value is 0.570. The normalized spacial score (nSPS) is 13.6. The number of hydrogen-bond donors (Lipinski definition) is 2. The molecule has 2 unspecified atom stereocenters. The Kier molecular flexibility index (Phi) is 30.6. The summed E-state index contributed by atoms with van der Waals surface area (Å²) in [5.74, 6) is 0. The third kappa shape index (κ3) is 24.9. The summed E-state index contributed by atoms with van der Waals surface area (Å²) in [4.78, 5) is 2.63. The minimum absolute atomic E-state index is 0.0316. The second-order valence-electron chi connectivity index (χ2n) is 10.6. The molecule has 0 saturated heterocycles. The molecule has 0 amide bonds. The standard InChI is InChI=1S/C31H65INO3/c1-4-7-10-11-13-17-23-30(32-24-18-8-5-2)31(35)36-29-22-15-12-14-19-26-33(25-9-6-3)27-20-16-21-28-34/h30-31,34-35H,4-29H2,1-3H3/q-1. The van der Waals surface area contributed by atoms with E-state index in [1.807, 2.05) is 0 Å². The summed E-state index contributed by atoms with van der Waals surface area (Å²) in [7, 11) is 0. The molecule has 0 aromatic rings. The molecule has 0 aliphatic rings. The van der Waals surface area contributed by atoms with Crippen molar-refractivity contribution < 1.29 is 36.2 Å². The van der Waals surface area contributed by atoms with Crippen LogP contribution in [0.4, 0.5) is 0 Å². The molecular weight excluding hydrogens is 561 g/mol. The molecule has 0 aromatic carbocycles. The van der Waals surface area contributed by atoms with Gasteiger partial charge in [0.1, 0.15) is 0 Å². The zero-order valence-corrected chi connectivity index (χ0v) is 26.8. The van der Waals surface area contributed by atoms with Crippen LogP contribution in [0.1, 0.15) is 149 Å². The Morgan fingerprint density at radius 1 is 0.611 bits per heavy atom. The third-order valence-electron chi connectivity index (χ3n) is 7.05. The number of ether oxygens (including phenoxy) is 1. The van der Waals surface area contributed by atoms with E-state index < -0.39 is 6.29 Å². The summed E-state index contributed by atoms with van der Waals surface area (Å²) >= 11 is 0.0316. The molecule has 0 spiro atoms. The van der Waals surface area contributed by atoms with Crippen molar-refractivity contribution in [1.82, 2.24) is 4.90 Å². The molecule has 0 rings (SSSR count). The van der Waals surface area contributed by atoms with Crippen LogP contribution in [0.3, 0.4) is 0 Å². The molecule has 4 nitrogen and oxygen atoms in total. The predicted molar refractivity (Wildman–Crippen MR) is 154 cm³/mol. The minimum Gasteiger partial charge on any atom is -0.396 e. The van der Waals surface area contributed by atoms with Gasteiger partial charge in [-0.3, -0.25) is 0 Å². The van der Waals surface area contributed by atoms with Gasteiger partial charge in [-0.05, 0) is 25.7 Å². The van der Waals surface area contributed by atoms with Crippen molar-refractivity contribution >= 4 is 0 Å². The summed E-state index contributed by atoms with van der Waals surface area (Å²) in [6.07, 6.45) is 24.6. The Morgan fingerprint density at radius 3 is 1.81 bits per heavy atom. The van der Waals surface area contributed by atoms with Crippen LogP contribution in [-0.2, 0) is 4.74 Å². The van der Waals surface area contributed by atoms with Crippen LogP contribution in [-0.4, -0.2) is 62.6 Å². The van der Waals surface area contributed by atoms with Crippen LogP contribution < -0.4 is 21.2 Å². The number of hydrogen-bond acceptors (Lipinski definition) is 4. The van der Waals surface area contributed by atoms with Gasteiger partial charge in [0.15, 0.2) is 0 Å². The Balaban J connectivity index is 4.01. The van der Waals surface area contributed by atoms with E-state index in [4.69, 9.17) is 9.84 Å². The fourth-order valence-electron chi connectivity index (χ4n) is 4.59. The second-order valence-corrected chi connectivity index (χ2v) is 14.2. The van der Waals surface area contributed by atoms with Crippen molar-refractivity contribution in [3.63, 3.8) is 0 Å². The zero-order valence-electron chi connectivity index (χ0n) is 24.7.